The van der Waals surface area contributed by atoms with Crippen LogP contribution < -0.4 is 0 Å². The molecule has 0 aliphatic rings. The molecule has 2 rings (SSSR count). The van der Waals surface area contributed by atoms with Crippen molar-refractivity contribution in [1.29, 1.82) is 0 Å². The summed E-state index contributed by atoms with van der Waals surface area (Å²) >= 11 is 13.3. The second-order valence-corrected chi connectivity index (χ2v) is 8.63. The lowest BCUT2D eigenvalue weighted by Gasteiger charge is -2.43. The zero-order chi connectivity index (χ0) is 20.2. The number of thioether (sulfide) groups is 1. The van der Waals surface area contributed by atoms with Crippen molar-refractivity contribution in [3.8, 4) is 0 Å². The molecule has 0 aromatic heterocycles. The van der Waals surface area contributed by atoms with Crippen LogP contribution in [0.1, 0.15) is 41.5 Å². The Labute approximate surface area is 174 Å². The predicted octanol–water partition coefficient (Wildman–Crippen LogP) is 5.61. The van der Waals surface area contributed by atoms with Gasteiger partial charge in [-0.25, -0.2) is 10.0 Å². The van der Waals surface area contributed by atoms with E-state index < -0.39 is 5.54 Å². The number of rotatable bonds is 4. The normalized spacial score (nSPS) is 11.2. The zero-order valence-electron chi connectivity index (χ0n) is 15.7. The van der Waals surface area contributed by atoms with Crippen LogP contribution in [0.3, 0.4) is 0 Å². The van der Waals surface area contributed by atoms with E-state index in [0.717, 1.165) is 0 Å². The molecule has 2 aromatic rings. The van der Waals surface area contributed by atoms with E-state index in [2.05, 4.69) is 0 Å². The molecule has 0 saturated heterocycles. The summed E-state index contributed by atoms with van der Waals surface area (Å²) in [6, 6.07) is 13.3. The summed E-state index contributed by atoms with van der Waals surface area (Å²) in [5.41, 5.74) is 0.310. The summed E-state index contributed by atoms with van der Waals surface area (Å²) in [4.78, 5) is 26.4. The van der Waals surface area contributed by atoms with Gasteiger partial charge in [0.2, 0.25) is 0 Å². The Bertz CT molecular complexity index is 802. The maximum absolute atomic E-state index is 13.3. The maximum atomic E-state index is 13.3. The van der Waals surface area contributed by atoms with Crippen molar-refractivity contribution in [2.45, 2.75) is 26.3 Å². The fourth-order valence-corrected chi connectivity index (χ4v) is 3.29. The van der Waals surface area contributed by atoms with Crippen molar-refractivity contribution in [3.63, 3.8) is 0 Å². The van der Waals surface area contributed by atoms with Crippen molar-refractivity contribution in [2.75, 3.05) is 12.1 Å². The summed E-state index contributed by atoms with van der Waals surface area (Å²) < 4.78 is 0. The Morgan fingerprint density at radius 2 is 1.26 bits per heavy atom. The summed E-state index contributed by atoms with van der Waals surface area (Å²) in [6.45, 7) is 5.68. The molecule has 0 saturated carbocycles. The number of hydrazine groups is 1. The highest BCUT2D eigenvalue weighted by Crippen LogP contribution is 2.24. The minimum atomic E-state index is -0.617. The Hall–Kier alpha value is -1.69. The second-order valence-electron chi connectivity index (χ2n) is 6.92. The lowest BCUT2D eigenvalue weighted by atomic mass is 10.1. The van der Waals surface area contributed by atoms with E-state index in [1.54, 1.807) is 48.5 Å². The van der Waals surface area contributed by atoms with Crippen LogP contribution >= 0.6 is 35.0 Å². The Balaban J connectivity index is 2.46. The monoisotopic (exact) mass is 424 g/mol. The minimum Gasteiger partial charge on any atom is -0.267 e. The molecule has 27 heavy (non-hydrogen) atoms. The molecule has 2 aromatic carbocycles. The fraction of sp³-hybridized carbons (Fsp3) is 0.300. The topological polar surface area (TPSA) is 40.6 Å². The van der Waals surface area contributed by atoms with Gasteiger partial charge in [0.25, 0.3) is 11.8 Å². The van der Waals surface area contributed by atoms with E-state index in [1.807, 2.05) is 27.0 Å². The van der Waals surface area contributed by atoms with Gasteiger partial charge in [0.15, 0.2) is 0 Å². The Morgan fingerprint density at radius 1 is 0.852 bits per heavy atom. The van der Waals surface area contributed by atoms with Gasteiger partial charge in [0.05, 0.1) is 11.4 Å². The van der Waals surface area contributed by atoms with Crippen LogP contribution in [0, 0.1) is 0 Å². The SMILES string of the molecule is CSCN(C(=O)c1ccc(Cl)cc1)N(C(=O)c1ccc(Cl)cc1)C(C)(C)C. The predicted molar refractivity (Wildman–Crippen MR) is 113 cm³/mol. The molecule has 0 heterocycles. The van der Waals surface area contributed by atoms with E-state index in [1.165, 1.54) is 21.8 Å². The van der Waals surface area contributed by atoms with E-state index in [-0.39, 0.29) is 11.8 Å². The molecule has 0 unspecified atom stereocenters. The van der Waals surface area contributed by atoms with Gasteiger partial charge in [-0.05, 0) is 75.6 Å². The Morgan fingerprint density at radius 3 is 1.63 bits per heavy atom. The largest absolute Gasteiger partial charge is 0.273 e. The van der Waals surface area contributed by atoms with Crippen LogP contribution in [0.15, 0.2) is 48.5 Å². The average Bonchev–Trinajstić information content (AvgIpc) is 2.60. The average molecular weight is 425 g/mol. The first-order valence-electron chi connectivity index (χ1n) is 8.31. The molecular weight excluding hydrogens is 403 g/mol. The third-order valence-corrected chi connectivity index (χ3v) is 4.74. The summed E-state index contributed by atoms with van der Waals surface area (Å²) in [5, 5.41) is 4.08. The number of amides is 2. The van der Waals surface area contributed by atoms with Crippen LogP contribution in [0.25, 0.3) is 0 Å². The van der Waals surface area contributed by atoms with Crippen LogP contribution in [0.5, 0.6) is 0 Å². The van der Waals surface area contributed by atoms with Gasteiger partial charge < -0.3 is 0 Å². The number of hydrogen-bond acceptors (Lipinski definition) is 3. The molecule has 4 nitrogen and oxygen atoms in total. The van der Waals surface area contributed by atoms with Crippen molar-refractivity contribution in [2.24, 2.45) is 0 Å². The van der Waals surface area contributed by atoms with E-state index in [9.17, 15) is 9.59 Å². The summed E-state index contributed by atoms with van der Waals surface area (Å²) in [6.07, 6.45) is 1.88. The van der Waals surface area contributed by atoms with Crippen molar-refractivity contribution >= 4 is 46.8 Å². The molecule has 0 spiro atoms. The maximum Gasteiger partial charge on any atom is 0.273 e. The van der Waals surface area contributed by atoms with Crippen molar-refractivity contribution < 1.29 is 9.59 Å². The second kappa shape index (κ2) is 9.00. The molecule has 2 amide bonds. The third kappa shape index (κ3) is 5.41. The van der Waals surface area contributed by atoms with Gasteiger partial charge in [-0.1, -0.05) is 23.2 Å². The first-order chi connectivity index (χ1) is 12.6. The quantitative estimate of drug-likeness (QED) is 0.472. The summed E-state index contributed by atoms with van der Waals surface area (Å²) in [7, 11) is 0. The molecule has 0 aliphatic heterocycles. The zero-order valence-corrected chi connectivity index (χ0v) is 18.0. The number of carbonyl (C=O) groups excluding carboxylic acids is 2. The fourth-order valence-electron chi connectivity index (χ4n) is 2.56. The van der Waals surface area contributed by atoms with Crippen molar-refractivity contribution in [1.82, 2.24) is 10.0 Å². The first kappa shape index (κ1) is 21.6. The number of nitrogens with zero attached hydrogens (tertiary/aromatic N) is 2. The van der Waals surface area contributed by atoms with Crippen LogP contribution in [-0.2, 0) is 0 Å². The molecule has 0 radical (unpaired) electrons. The van der Waals surface area contributed by atoms with Crippen LogP contribution in [-0.4, -0.2) is 39.5 Å². The Kier molecular flexibility index (Phi) is 7.20. The molecular formula is C20H22Cl2N2O2S. The van der Waals surface area contributed by atoms with Gasteiger partial charge in [-0.2, -0.15) is 0 Å². The smallest absolute Gasteiger partial charge is 0.267 e. The summed E-state index contributed by atoms with van der Waals surface area (Å²) in [5.74, 6) is -0.202. The first-order valence-corrected chi connectivity index (χ1v) is 10.5. The highest BCUT2D eigenvalue weighted by atomic mass is 35.5. The van der Waals surface area contributed by atoms with E-state index >= 15 is 0 Å². The van der Waals surface area contributed by atoms with E-state index in [0.29, 0.717) is 27.0 Å². The van der Waals surface area contributed by atoms with Gasteiger partial charge >= 0.3 is 0 Å². The van der Waals surface area contributed by atoms with Gasteiger partial charge in [0.1, 0.15) is 0 Å². The standard InChI is InChI=1S/C20H22Cl2N2O2S/c1-20(2,3)24(19(26)15-7-11-17(22)12-8-15)23(13-27-4)18(25)14-5-9-16(21)10-6-14/h5-12H,13H2,1-4H3. The highest BCUT2D eigenvalue weighted by Gasteiger charge is 2.35. The molecule has 0 bridgehead atoms. The van der Waals surface area contributed by atoms with Crippen LogP contribution in [0.2, 0.25) is 10.0 Å². The lowest BCUT2D eigenvalue weighted by Crippen LogP contribution is -2.58. The van der Waals surface area contributed by atoms with Gasteiger partial charge in [-0.15, -0.1) is 11.8 Å². The minimum absolute atomic E-state index is 0.266. The third-order valence-electron chi connectivity index (χ3n) is 3.74. The number of benzene rings is 2. The molecule has 144 valence electrons. The number of hydrogen-bond donors (Lipinski definition) is 0. The molecule has 0 atom stereocenters. The molecule has 0 N–H and O–H groups in total. The molecule has 7 heteroatoms. The lowest BCUT2D eigenvalue weighted by molar-refractivity contribution is -0.0339. The number of carbonyl (C=O) groups is 2. The van der Waals surface area contributed by atoms with E-state index in [4.69, 9.17) is 23.2 Å². The van der Waals surface area contributed by atoms with Gasteiger partial charge in [-0.3, -0.25) is 9.59 Å². The number of halogens is 2. The van der Waals surface area contributed by atoms with Gasteiger partial charge in [0, 0.05) is 21.2 Å². The van der Waals surface area contributed by atoms with Crippen molar-refractivity contribution in [3.05, 3.63) is 69.7 Å². The van der Waals surface area contributed by atoms with Crippen LogP contribution in [0.4, 0.5) is 0 Å². The molecule has 0 aliphatic carbocycles. The molecule has 0 fully saturated rings. The highest BCUT2D eigenvalue weighted by molar-refractivity contribution is 7.98.